The molecule has 2 aromatic rings. The molecule has 0 fully saturated rings. The van der Waals surface area contributed by atoms with E-state index < -0.39 is 0 Å². The molecule has 0 saturated heterocycles. The summed E-state index contributed by atoms with van der Waals surface area (Å²) >= 11 is 1.66. The van der Waals surface area contributed by atoms with Crippen molar-refractivity contribution in [1.82, 2.24) is 10.2 Å². The largest absolute Gasteiger partial charge is 0.368 e. The van der Waals surface area contributed by atoms with E-state index in [1.54, 1.807) is 11.3 Å². The van der Waals surface area contributed by atoms with Crippen molar-refractivity contribution in [1.29, 1.82) is 0 Å². The zero-order valence-electron chi connectivity index (χ0n) is 10.7. The third-order valence-electron chi connectivity index (χ3n) is 2.74. The van der Waals surface area contributed by atoms with Crippen LogP contribution in [0.3, 0.4) is 0 Å². The van der Waals surface area contributed by atoms with Gasteiger partial charge in [-0.3, -0.25) is 0 Å². The standard InChI is InChI=1S/C13H18N4S/c1-13(2,8-14)9-15-12-6-5-10(16-17-12)11-4-3-7-18-11/h3-7H,8-9,14H2,1-2H3,(H,15,17). The van der Waals surface area contributed by atoms with Crippen LogP contribution in [0.2, 0.25) is 0 Å². The number of hydrogen-bond donors (Lipinski definition) is 2. The minimum absolute atomic E-state index is 0.0636. The first-order chi connectivity index (χ1) is 8.61. The van der Waals surface area contributed by atoms with Gasteiger partial charge in [0, 0.05) is 6.54 Å². The number of aromatic nitrogens is 2. The molecule has 0 aliphatic carbocycles. The van der Waals surface area contributed by atoms with E-state index >= 15 is 0 Å². The monoisotopic (exact) mass is 262 g/mol. The molecular formula is C13H18N4S. The molecule has 96 valence electrons. The highest BCUT2D eigenvalue weighted by Crippen LogP contribution is 2.22. The summed E-state index contributed by atoms with van der Waals surface area (Å²) in [6.07, 6.45) is 0. The molecule has 2 rings (SSSR count). The van der Waals surface area contributed by atoms with Crippen LogP contribution in [0.15, 0.2) is 29.6 Å². The fourth-order valence-electron chi connectivity index (χ4n) is 1.38. The Labute approximate surface area is 111 Å². The zero-order chi connectivity index (χ0) is 13.0. The molecule has 18 heavy (non-hydrogen) atoms. The maximum Gasteiger partial charge on any atom is 0.148 e. The number of thiophene rings is 1. The van der Waals surface area contributed by atoms with Crippen molar-refractivity contribution in [3.63, 3.8) is 0 Å². The SMILES string of the molecule is CC(C)(CN)CNc1ccc(-c2cccs2)nn1. The molecule has 0 spiro atoms. The second-order valence-corrected chi connectivity index (χ2v) is 5.95. The van der Waals surface area contributed by atoms with Gasteiger partial charge in [0.2, 0.25) is 0 Å². The lowest BCUT2D eigenvalue weighted by Crippen LogP contribution is -2.31. The second kappa shape index (κ2) is 5.46. The fraction of sp³-hybridized carbons (Fsp3) is 0.385. The average molecular weight is 262 g/mol. The number of hydrogen-bond acceptors (Lipinski definition) is 5. The number of nitrogens with zero attached hydrogens (tertiary/aromatic N) is 2. The Morgan fingerprint density at radius 1 is 1.28 bits per heavy atom. The Kier molecular flexibility index (Phi) is 3.93. The first kappa shape index (κ1) is 13.0. The van der Waals surface area contributed by atoms with Crippen LogP contribution in [0.5, 0.6) is 0 Å². The van der Waals surface area contributed by atoms with Crippen molar-refractivity contribution in [2.75, 3.05) is 18.4 Å². The minimum Gasteiger partial charge on any atom is -0.368 e. The van der Waals surface area contributed by atoms with E-state index in [1.165, 1.54) is 0 Å². The number of rotatable bonds is 5. The zero-order valence-corrected chi connectivity index (χ0v) is 11.5. The number of nitrogens with one attached hydrogen (secondary N) is 1. The summed E-state index contributed by atoms with van der Waals surface area (Å²) in [6, 6.07) is 7.99. The molecule has 0 atom stereocenters. The van der Waals surface area contributed by atoms with Crippen LogP contribution in [-0.2, 0) is 0 Å². The minimum atomic E-state index is 0.0636. The van der Waals surface area contributed by atoms with E-state index in [0.29, 0.717) is 6.54 Å². The summed E-state index contributed by atoms with van der Waals surface area (Å²) in [5.74, 6) is 0.789. The highest BCUT2D eigenvalue weighted by Gasteiger charge is 2.15. The summed E-state index contributed by atoms with van der Waals surface area (Å²) in [5, 5.41) is 13.7. The van der Waals surface area contributed by atoms with Crippen molar-refractivity contribution >= 4 is 17.2 Å². The number of anilines is 1. The first-order valence-corrected chi connectivity index (χ1v) is 6.80. The maximum atomic E-state index is 5.68. The molecule has 0 aliphatic rings. The van der Waals surface area contributed by atoms with Crippen molar-refractivity contribution in [2.45, 2.75) is 13.8 Å². The van der Waals surface area contributed by atoms with Gasteiger partial charge in [0.1, 0.15) is 11.5 Å². The van der Waals surface area contributed by atoms with E-state index in [1.807, 2.05) is 29.6 Å². The highest BCUT2D eigenvalue weighted by atomic mass is 32.1. The predicted octanol–water partition coefficient (Wildman–Crippen LogP) is 2.60. The molecule has 2 heterocycles. The van der Waals surface area contributed by atoms with Gasteiger partial charge in [0.15, 0.2) is 0 Å². The smallest absolute Gasteiger partial charge is 0.148 e. The Morgan fingerprint density at radius 2 is 2.11 bits per heavy atom. The molecule has 0 unspecified atom stereocenters. The summed E-state index contributed by atoms with van der Waals surface area (Å²) in [5.41, 5.74) is 6.66. The van der Waals surface area contributed by atoms with Gasteiger partial charge in [-0.05, 0) is 35.5 Å². The van der Waals surface area contributed by atoms with Crippen LogP contribution < -0.4 is 11.1 Å². The fourth-order valence-corrected chi connectivity index (χ4v) is 2.07. The van der Waals surface area contributed by atoms with E-state index in [0.717, 1.165) is 22.9 Å². The van der Waals surface area contributed by atoms with Crippen molar-refractivity contribution in [3.8, 4) is 10.6 Å². The normalized spacial score (nSPS) is 11.5. The molecule has 3 N–H and O–H groups in total. The summed E-state index contributed by atoms with van der Waals surface area (Å²) in [4.78, 5) is 1.14. The van der Waals surface area contributed by atoms with E-state index in [9.17, 15) is 0 Å². The quantitative estimate of drug-likeness (QED) is 0.869. The van der Waals surface area contributed by atoms with Crippen LogP contribution in [0.4, 0.5) is 5.82 Å². The first-order valence-electron chi connectivity index (χ1n) is 5.92. The van der Waals surface area contributed by atoms with Gasteiger partial charge in [0.25, 0.3) is 0 Å². The van der Waals surface area contributed by atoms with Gasteiger partial charge in [-0.15, -0.1) is 21.5 Å². The third kappa shape index (κ3) is 3.27. The van der Waals surface area contributed by atoms with Crippen LogP contribution >= 0.6 is 11.3 Å². The Morgan fingerprint density at radius 3 is 2.67 bits per heavy atom. The third-order valence-corrected chi connectivity index (χ3v) is 3.63. The van der Waals surface area contributed by atoms with Crippen LogP contribution in [0.1, 0.15) is 13.8 Å². The Bertz CT molecular complexity index is 476. The van der Waals surface area contributed by atoms with Gasteiger partial charge in [0.05, 0.1) is 4.88 Å². The molecular weight excluding hydrogens is 244 g/mol. The van der Waals surface area contributed by atoms with E-state index in [4.69, 9.17) is 5.73 Å². The molecule has 0 saturated carbocycles. The Hall–Kier alpha value is -1.46. The van der Waals surface area contributed by atoms with Crippen molar-refractivity contribution in [3.05, 3.63) is 29.6 Å². The maximum absolute atomic E-state index is 5.68. The van der Waals surface area contributed by atoms with Crippen molar-refractivity contribution < 1.29 is 0 Å². The lowest BCUT2D eigenvalue weighted by atomic mass is 9.94. The second-order valence-electron chi connectivity index (χ2n) is 5.00. The highest BCUT2D eigenvalue weighted by molar-refractivity contribution is 7.13. The van der Waals surface area contributed by atoms with Gasteiger partial charge in [-0.1, -0.05) is 19.9 Å². The molecule has 0 aromatic carbocycles. The molecule has 4 nitrogen and oxygen atoms in total. The van der Waals surface area contributed by atoms with E-state index in [2.05, 4.69) is 29.4 Å². The van der Waals surface area contributed by atoms with Gasteiger partial charge >= 0.3 is 0 Å². The van der Waals surface area contributed by atoms with Crippen LogP contribution in [-0.4, -0.2) is 23.3 Å². The molecule has 5 heteroatoms. The molecule has 2 aromatic heterocycles. The van der Waals surface area contributed by atoms with Gasteiger partial charge in [-0.2, -0.15) is 0 Å². The van der Waals surface area contributed by atoms with Crippen molar-refractivity contribution in [2.24, 2.45) is 11.1 Å². The molecule has 0 bridgehead atoms. The van der Waals surface area contributed by atoms with E-state index in [-0.39, 0.29) is 5.41 Å². The topological polar surface area (TPSA) is 63.8 Å². The summed E-state index contributed by atoms with van der Waals surface area (Å²) in [6.45, 7) is 5.66. The summed E-state index contributed by atoms with van der Waals surface area (Å²) < 4.78 is 0. The average Bonchev–Trinajstić information content (AvgIpc) is 2.91. The lowest BCUT2D eigenvalue weighted by Gasteiger charge is -2.22. The predicted molar refractivity (Wildman–Crippen MR) is 76.7 cm³/mol. The Balaban J connectivity index is 2.00. The van der Waals surface area contributed by atoms with Gasteiger partial charge in [-0.25, -0.2) is 0 Å². The summed E-state index contributed by atoms with van der Waals surface area (Å²) in [7, 11) is 0. The van der Waals surface area contributed by atoms with Crippen LogP contribution in [0.25, 0.3) is 10.6 Å². The number of nitrogens with two attached hydrogens (primary N) is 1. The molecule has 0 aliphatic heterocycles. The molecule has 0 radical (unpaired) electrons. The lowest BCUT2D eigenvalue weighted by molar-refractivity contribution is 0.405. The van der Waals surface area contributed by atoms with Gasteiger partial charge < -0.3 is 11.1 Å². The van der Waals surface area contributed by atoms with Crippen LogP contribution in [0, 0.1) is 5.41 Å². The molecule has 0 amide bonds.